The molecule has 1 aromatic rings. The van der Waals surface area contributed by atoms with Crippen molar-refractivity contribution in [3.05, 3.63) is 33.1 Å². The maximum atomic E-state index is 11.7. The highest BCUT2D eigenvalue weighted by Gasteiger charge is 2.56. The van der Waals surface area contributed by atoms with E-state index < -0.39 is 42.1 Å². The summed E-state index contributed by atoms with van der Waals surface area (Å²) in [5.41, 5.74) is -1.41. The third kappa shape index (κ3) is 2.30. The summed E-state index contributed by atoms with van der Waals surface area (Å²) in [6, 6.07) is 1.07. The Morgan fingerprint density at radius 1 is 1.50 bits per heavy atom. The Morgan fingerprint density at radius 2 is 2.20 bits per heavy atom. The Labute approximate surface area is 113 Å². The van der Waals surface area contributed by atoms with Gasteiger partial charge in [0.25, 0.3) is 5.56 Å². The molecule has 1 aliphatic heterocycles. The van der Waals surface area contributed by atoms with Gasteiger partial charge in [0.05, 0.1) is 0 Å². The van der Waals surface area contributed by atoms with Crippen molar-refractivity contribution in [1.29, 1.82) is 0 Å². The largest absolute Gasteiger partial charge is 0.391 e. The molecule has 112 valence electrons. The normalized spacial score (nSPS) is 33.5. The van der Waals surface area contributed by atoms with Gasteiger partial charge < -0.3 is 24.8 Å². The summed E-state index contributed by atoms with van der Waals surface area (Å²) >= 11 is 0. The molecule has 1 saturated heterocycles. The smallest absolute Gasteiger partial charge is 0.330 e. The highest BCUT2D eigenvalue weighted by molar-refractivity contribution is 4.97. The van der Waals surface area contributed by atoms with E-state index in [0.29, 0.717) is 0 Å². The number of nitrogens with zero attached hydrogens (tertiary/aromatic N) is 1. The average Bonchev–Trinajstić information content (AvgIpc) is 2.65. The van der Waals surface area contributed by atoms with Crippen LogP contribution in [-0.4, -0.2) is 56.1 Å². The summed E-state index contributed by atoms with van der Waals surface area (Å²) in [5.74, 6) is -1.81. The zero-order valence-corrected chi connectivity index (χ0v) is 10.7. The van der Waals surface area contributed by atoms with Gasteiger partial charge in [-0.15, -0.1) is 0 Å². The Balaban J connectivity index is 2.39. The van der Waals surface area contributed by atoms with E-state index in [2.05, 4.69) is 0 Å². The third-order valence-corrected chi connectivity index (χ3v) is 3.12. The van der Waals surface area contributed by atoms with Crippen molar-refractivity contribution in [2.75, 3.05) is 13.2 Å². The van der Waals surface area contributed by atoms with Crippen LogP contribution in [0.15, 0.2) is 21.9 Å². The third-order valence-electron chi connectivity index (χ3n) is 3.12. The number of nitrogens with one attached hydrogen (secondary N) is 1. The number of hydrogen-bond donors (Lipinski definition) is 4. The molecule has 0 radical (unpaired) electrons. The second-order valence-electron chi connectivity index (χ2n) is 4.36. The zero-order chi connectivity index (χ0) is 14.9. The number of aromatic nitrogens is 2. The lowest BCUT2D eigenvalue weighted by Gasteiger charge is -2.29. The van der Waals surface area contributed by atoms with Gasteiger partial charge in [0, 0.05) is 18.9 Å². The molecule has 0 spiro atoms. The van der Waals surface area contributed by atoms with Crippen LogP contribution in [-0.2, 0) is 9.47 Å². The lowest BCUT2D eigenvalue weighted by atomic mass is 10.1. The van der Waals surface area contributed by atoms with Crippen LogP contribution in [0.4, 0.5) is 0 Å². The SMILES string of the molecule is CCO[C@]1(CO)O[C@@H](n2ccc(=O)[nH]c2=O)[C@H](O)[C@@H]1O. The molecule has 1 fully saturated rings. The highest BCUT2D eigenvalue weighted by atomic mass is 16.7. The van der Waals surface area contributed by atoms with Crippen molar-refractivity contribution >= 4 is 0 Å². The Hall–Kier alpha value is -1.52. The van der Waals surface area contributed by atoms with Gasteiger partial charge in [-0.25, -0.2) is 4.79 Å². The maximum Gasteiger partial charge on any atom is 0.330 e. The second-order valence-corrected chi connectivity index (χ2v) is 4.36. The number of rotatable bonds is 4. The molecule has 20 heavy (non-hydrogen) atoms. The number of aliphatic hydroxyl groups is 3. The fourth-order valence-corrected chi connectivity index (χ4v) is 2.15. The minimum Gasteiger partial charge on any atom is -0.391 e. The molecule has 9 nitrogen and oxygen atoms in total. The Bertz CT molecular complexity index is 583. The van der Waals surface area contributed by atoms with Crippen molar-refractivity contribution in [3.8, 4) is 0 Å². The molecular weight excluding hydrogens is 272 g/mol. The number of aliphatic hydroxyl groups excluding tert-OH is 3. The van der Waals surface area contributed by atoms with Crippen LogP contribution in [0.5, 0.6) is 0 Å². The lowest BCUT2D eigenvalue weighted by Crippen LogP contribution is -2.48. The summed E-state index contributed by atoms with van der Waals surface area (Å²) in [7, 11) is 0. The standard InChI is InChI=1S/C11H16N2O7/c1-2-19-11(5-14)8(17)7(16)9(20-11)13-4-3-6(15)12-10(13)18/h3-4,7-9,14,16-17H,2,5H2,1H3,(H,12,15,18)/t7-,8+,9-,11-/m1/s1. The van der Waals surface area contributed by atoms with Crippen molar-refractivity contribution < 1.29 is 24.8 Å². The first-order valence-electron chi connectivity index (χ1n) is 6.05. The van der Waals surface area contributed by atoms with Crippen LogP contribution in [0.2, 0.25) is 0 Å². The molecular formula is C11H16N2O7. The number of hydrogen-bond acceptors (Lipinski definition) is 7. The predicted octanol–water partition coefficient (Wildman–Crippen LogP) is -2.49. The molecule has 0 aliphatic carbocycles. The van der Waals surface area contributed by atoms with E-state index in [9.17, 15) is 24.9 Å². The van der Waals surface area contributed by atoms with Crippen molar-refractivity contribution in [2.24, 2.45) is 0 Å². The van der Waals surface area contributed by atoms with Crippen molar-refractivity contribution in [2.45, 2.75) is 31.1 Å². The van der Waals surface area contributed by atoms with Crippen molar-refractivity contribution in [3.63, 3.8) is 0 Å². The molecule has 4 N–H and O–H groups in total. The van der Waals surface area contributed by atoms with Gasteiger partial charge in [0.2, 0.25) is 5.79 Å². The summed E-state index contributed by atoms with van der Waals surface area (Å²) in [4.78, 5) is 24.7. The van der Waals surface area contributed by atoms with Crippen molar-refractivity contribution in [1.82, 2.24) is 9.55 Å². The van der Waals surface area contributed by atoms with Gasteiger partial charge in [-0.05, 0) is 6.92 Å². The molecule has 1 aromatic heterocycles. The van der Waals surface area contributed by atoms with Gasteiger partial charge in [0.1, 0.15) is 18.8 Å². The molecule has 9 heteroatoms. The first kappa shape index (κ1) is 14.9. The van der Waals surface area contributed by atoms with E-state index in [0.717, 1.165) is 16.8 Å². The molecule has 2 heterocycles. The van der Waals surface area contributed by atoms with Crippen LogP contribution in [0.25, 0.3) is 0 Å². The summed E-state index contributed by atoms with van der Waals surface area (Å²) in [6.07, 6.45) is -3.21. The lowest BCUT2D eigenvalue weighted by molar-refractivity contribution is -0.280. The van der Waals surface area contributed by atoms with Gasteiger partial charge in [0.15, 0.2) is 6.23 Å². The van der Waals surface area contributed by atoms with E-state index in [1.165, 1.54) is 0 Å². The van der Waals surface area contributed by atoms with Gasteiger partial charge in [-0.2, -0.15) is 0 Å². The minimum absolute atomic E-state index is 0.123. The van der Waals surface area contributed by atoms with Crippen LogP contribution in [0.3, 0.4) is 0 Å². The van der Waals surface area contributed by atoms with Crippen LogP contribution >= 0.6 is 0 Å². The molecule has 0 unspecified atom stereocenters. The molecule has 0 bridgehead atoms. The Morgan fingerprint density at radius 3 is 2.75 bits per heavy atom. The fraction of sp³-hybridized carbons (Fsp3) is 0.636. The highest BCUT2D eigenvalue weighted by Crippen LogP contribution is 2.37. The predicted molar refractivity (Wildman–Crippen MR) is 64.9 cm³/mol. The first-order valence-corrected chi connectivity index (χ1v) is 6.05. The molecule has 0 saturated carbocycles. The van der Waals surface area contributed by atoms with E-state index in [4.69, 9.17) is 9.47 Å². The maximum absolute atomic E-state index is 11.7. The molecule has 4 atom stereocenters. The minimum atomic E-state index is -1.81. The van der Waals surface area contributed by atoms with E-state index in [1.54, 1.807) is 6.92 Å². The fourth-order valence-electron chi connectivity index (χ4n) is 2.15. The first-order chi connectivity index (χ1) is 9.45. The molecule has 2 rings (SSSR count). The number of aromatic amines is 1. The van der Waals surface area contributed by atoms with E-state index in [1.807, 2.05) is 4.98 Å². The average molecular weight is 288 g/mol. The topological polar surface area (TPSA) is 134 Å². The summed E-state index contributed by atoms with van der Waals surface area (Å²) in [6.45, 7) is 1.05. The number of ether oxygens (including phenoxy) is 2. The van der Waals surface area contributed by atoms with Crippen LogP contribution in [0.1, 0.15) is 13.2 Å². The summed E-state index contributed by atoms with van der Waals surface area (Å²) < 4.78 is 11.4. The van der Waals surface area contributed by atoms with Gasteiger partial charge >= 0.3 is 5.69 Å². The molecule has 1 aliphatic rings. The van der Waals surface area contributed by atoms with Gasteiger partial charge in [-0.1, -0.05) is 0 Å². The van der Waals surface area contributed by atoms with Gasteiger partial charge in [-0.3, -0.25) is 14.3 Å². The summed E-state index contributed by atoms with van der Waals surface area (Å²) in [5, 5.41) is 29.3. The monoisotopic (exact) mass is 288 g/mol. The van der Waals surface area contributed by atoms with Crippen LogP contribution < -0.4 is 11.2 Å². The quantitative estimate of drug-likeness (QED) is 0.481. The molecule has 0 aromatic carbocycles. The second kappa shape index (κ2) is 5.46. The Kier molecular flexibility index (Phi) is 4.06. The van der Waals surface area contributed by atoms with Crippen LogP contribution in [0, 0.1) is 0 Å². The zero-order valence-electron chi connectivity index (χ0n) is 10.7. The van der Waals surface area contributed by atoms with E-state index in [-0.39, 0.29) is 6.61 Å². The van der Waals surface area contributed by atoms with E-state index >= 15 is 0 Å². The molecule has 0 amide bonds. The number of H-pyrrole nitrogens is 1.